The van der Waals surface area contributed by atoms with Crippen LogP contribution in [0.4, 0.5) is 0 Å². The molecule has 0 N–H and O–H groups in total. The summed E-state index contributed by atoms with van der Waals surface area (Å²) < 4.78 is 5.48. The smallest absolute Gasteiger partial charge is 0.145 e. The molecule has 0 aliphatic heterocycles. The van der Waals surface area contributed by atoms with Crippen molar-refractivity contribution in [3.05, 3.63) is 5.92 Å². The minimum Gasteiger partial charge on any atom is -0.427 e. The quantitative estimate of drug-likeness (QED) is 0.659. The molecule has 0 saturated heterocycles. The van der Waals surface area contributed by atoms with E-state index >= 15 is 0 Å². The molecule has 15 heavy (non-hydrogen) atoms. The summed E-state index contributed by atoms with van der Waals surface area (Å²) in [6, 6.07) is 0. The zero-order valence-electron chi connectivity index (χ0n) is 11.3. The zero-order chi connectivity index (χ0) is 11.7. The second-order valence-corrected chi connectivity index (χ2v) is 7.15. The van der Waals surface area contributed by atoms with Gasteiger partial charge in [-0.05, 0) is 29.6 Å². The van der Waals surface area contributed by atoms with Crippen LogP contribution in [-0.2, 0) is 4.43 Å². The molecule has 0 aromatic rings. The molecule has 2 heteroatoms. The minimum atomic E-state index is 0.362. The summed E-state index contributed by atoms with van der Waals surface area (Å²) in [5.41, 5.74) is 0.779. The Kier molecular flexibility index (Phi) is 4.05. The lowest BCUT2D eigenvalue weighted by Crippen LogP contribution is -2.43. The standard InChI is InChI=1S/C13H27OSi/c1-12(2,3)11-8-6-7-10(9-14-15)13(11,4)5/h11H,6-9H2,1-5,15H3. The first kappa shape index (κ1) is 13.2. The van der Waals surface area contributed by atoms with Gasteiger partial charge in [0.05, 0.1) is 0 Å². The Morgan fingerprint density at radius 1 is 1.40 bits per heavy atom. The van der Waals surface area contributed by atoms with Gasteiger partial charge in [-0.2, -0.15) is 0 Å². The fourth-order valence-electron chi connectivity index (χ4n) is 3.40. The van der Waals surface area contributed by atoms with Gasteiger partial charge in [-0.25, -0.2) is 0 Å². The van der Waals surface area contributed by atoms with Crippen molar-refractivity contribution in [2.45, 2.75) is 53.9 Å². The van der Waals surface area contributed by atoms with Crippen LogP contribution in [0.5, 0.6) is 0 Å². The summed E-state index contributed by atoms with van der Waals surface area (Å²) in [6.45, 7) is 12.9. The van der Waals surface area contributed by atoms with Crippen molar-refractivity contribution in [1.29, 1.82) is 0 Å². The lowest BCUT2D eigenvalue weighted by atomic mass is 9.55. The third-order valence-electron chi connectivity index (χ3n) is 4.12. The molecular formula is C13H27OSi. The van der Waals surface area contributed by atoms with E-state index < -0.39 is 0 Å². The third kappa shape index (κ3) is 2.85. The van der Waals surface area contributed by atoms with Crippen molar-refractivity contribution in [3.63, 3.8) is 0 Å². The summed E-state index contributed by atoms with van der Waals surface area (Å²) in [7, 11) is 0.864. The van der Waals surface area contributed by atoms with Gasteiger partial charge in [0.25, 0.3) is 0 Å². The average molecular weight is 227 g/mol. The molecule has 1 aliphatic carbocycles. The Morgan fingerprint density at radius 2 is 2.00 bits per heavy atom. The van der Waals surface area contributed by atoms with Crippen LogP contribution < -0.4 is 0 Å². The molecule has 0 spiro atoms. The topological polar surface area (TPSA) is 9.23 Å². The molecule has 0 heterocycles. The van der Waals surface area contributed by atoms with E-state index in [1.54, 1.807) is 5.92 Å². The van der Waals surface area contributed by atoms with Crippen LogP contribution in [0.2, 0.25) is 0 Å². The maximum atomic E-state index is 5.48. The van der Waals surface area contributed by atoms with Crippen LogP contribution in [0, 0.1) is 22.7 Å². The predicted octanol–water partition coefficient (Wildman–Crippen LogP) is 2.73. The maximum absolute atomic E-state index is 5.48. The van der Waals surface area contributed by atoms with Crippen LogP contribution in [0.25, 0.3) is 0 Å². The number of hydrogen-bond donors (Lipinski definition) is 0. The van der Waals surface area contributed by atoms with Crippen LogP contribution in [-0.4, -0.2) is 17.1 Å². The average Bonchev–Trinajstić information content (AvgIpc) is 2.06. The first-order valence-corrected chi connectivity index (χ1v) is 6.96. The Labute approximate surface area is 98.5 Å². The molecule has 1 nitrogen and oxygen atoms in total. The van der Waals surface area contributed by atoms with Crippen molar-refractivity contribution >= 4 is 10.5 Å². The highest BCUT2D eigenvalue weighted by atomic mass is 28.2. The van der Waals surface area contributed by atoms with E-state index in [2.05, 4.69) is 34.6 Å². The second kappa shape index (κ2) is 4.58. The normalized spacial score (nSPS) is 28.2. The molecule has 1 aliphatic rings. The van der Waals surface area contributed by atoms with Crippen LogP contribution >= 0.6 is 0 Å². The predicted molar refractivity (Wildman–Crippen MR) is 69.7 cm³/mol. The highest BCUT2D eigenvalue weighted by Gasteiger charge is 2.45. The molecule has 1 rings (SSSR count). The molecule has 1 unspecified atom stereocenters. The largest absolute Gasteiger partial charge is 0.427 e. The molecule has 0 amide bonds. The monoisotopic (exact) mass is 227 g/mol. The van der Waals surface area contributed by atoms with Crippen LogP contribution in [0.3, 0.4) is 0 Å². The SMILES string of the molecule is CC(C)(C)C1CCC[C](CO[SiH3])C1(C)C. The van der Waals surface area contributed by atoms with Crippen molar-refractivity contribution in [1.82, 2.24) is 0 Å². The molecule has 1 atom stereocenters. The van der Waals surface area contributed by atoms with Gasteiger partial charge in [-0.3, -0.25) is 0 Å². The molecule has 1 fully saturated rings. The van der Waals surface area contributed by atoms with Crippen molar-refractivity contribution in [3.8, 4) is 0 Å². The summed E-state index contributed by atoms with van der Waals surface area (Å²) in [5, 5.41) is 0. The Morgan fingerprint density at radius 3 is 2.47 bits per heavy atom. The highest BCUT2D eigenvalue weighted by Crippen LogP contribution is 2.53. The van der Waals surface area contributed by atoms with Gasteiger partial charge >= 0.3 is 0 Å². The Balaban J connectivity index is 2.82. The minimum absolute atomic E-state index is 0.362. The Bertz CT molecular complexity index is 203. The lowest BCUT2D eigenvalue weighted by molar-refractivity contribution is 0.0477. The van der Waals surface area contributed by atoms with E-state index in [1.165, 1.54) is 19.3 Å². The van der Waals surface area contributed by atoms with Gasteiger partial charge in [0.1, 0.15) is 10.5 Å². The van der Waals surface area contributed by atoms with E-state index in [4.69, 9.17) is 4.43 Å². The molecule has 0 bridgehead atoms. The van der Waals surface area contributed by atoms with Crippen LogP contribution in [0.1, 0.15) is 53.9 Å². The Hall–Kier alpha value is 0.177. The molecule has 0 aromatic heterocycles. The van der Waals surface area contributed by atoms with E-state index in [0.717, 1.165) is 23.0 Å². The fourth-order valence-corrected chi connectivity index (χ4v) is 3.75. The van der Waals surface area contributed by atoms with E-state index in [1.807, 2.05) is 0 Å². The van der Waals surface area contributed by atoms with Crippen molar-refractivity contribution in [2.75, 3.05) is 6.61 Å². The number of rotatable bonds is 2. The van der Waals surface area contributed by atoms with Gasteiger partial charge < -0.3 is 4.43 Å². The van der Waals surface area contributed by atoms with E-state index in [9.17, 15) is 0 Å². The molecule has 1 saturated carbocycles. The van der Waals surface area contributed by atoms with Crippen LogP contribution in [0.15, 0.2) is 0 Å². The zero-order valence-corrected chi connectivity index (χ0v) is 13.3. The number of hydrogen-bond acceptors (Lipinski definition) is 1. The summed E-state index contributed by atoms with van der Waals surface area (Å²) in [4.78, 5) is 0. The fraction of sp³-hybridized carbons (Fsp3) is 0.923. The molecule has 0 aromatic carbocycles. The first-order valence-electron chi connectivity index (χ1n) is 6.14. The van der Waals surface area contributed by atoms with Gasteiger partial charge in [0.2, 0.25) is 0 Å². The summed E-state index contributed by atoms with van der Waals surface area (Å²) >= 11 is 0. The van der Waals surface area contributed by atoms with E-state index in [-0.39, 0.29) is 0 Å². The first-order chi connectivity index (χ1) is 6.80. The molecular weight excluding hydrogens is 200 g/mol. The lowest BCUT2D eigenvalue weighted by Gasteiger charge is -2.50. The summed E-state index contributed by atoms with van der Waals surface area (Å²) in [5.74, 6) is 2.44. The van der Waals surface area contributed by atoms with Gasteiger partial charge in [0.15, 0.2) is 0 Å². The molecule has 89 valence electrons. The maximum Gasteiger partial charge on any atom is 0.145 e. The summed E-state index contributed by atoms with van der Waals surface area (Å²) in [6.07, 6.45) is 4.01. The van der Waals surface area contributed by atoms with Gasteiger partial charge in [0, 0.05) is 12.5 Å². The molecule has 1 radical (unpaired) electrons. The van der Waals surface area contributed by atoms with E-state index in [0.29, 0.717) is 10.8 Å². The third-order valence-corrected chi connectivity index (χ3v) is 4.41. The van der Waals surface area contributed by atoms with Crippen molar-refractivity contribution in [2.24, 2.45) is 16.7 Å². The van der Waals surface area contributed by atoms with Crippen molar-refractivity contribution < 1.29 is 4.43 Å². The van der Waals surface area contributed by atoms with Gasteiger partial charge in [-0.15, -0.1) is 0 Å². The highest BCUT2D eigenvalue weighted by molar-refractivity contribution is 5.98. The van der Waals surface area contributed by atoms with Gasteiger partial charge in [-0.1, -0.05) is 41.0 Å². The second-order valence-electron chi connectivity index (χ2n) is 6.57.